The molecule has 0 aliphatic carbocycles. The van der Waals surface area contributed by atoms with Crippen LogP contribution in [0.5, 0.6) is 0 Å². The quantitative estimate of drug-likeness (QED) is 0.659. The Morgan fingerprint density at radius 2 is 1.66 bits per heavy atom. The highest BCUT2D eigenvalue weighted by Crippen LogP contribution is 2.35. The molecule has 2 aromatic rings. The molecule has 3 rings (SSSR count). The predicted octanol–water partition coefficient (Wildman–Crippen LogP) is 4.54. The first-order valence-electron chi connectivity index (χ1n) is 10.7. The average molecular weight is 395 g/mol. The highest BCUT2D eigenvalue weighted by Gasteiger charge is 2.43. The Hall–Kier alpha value is -2.17. The van der Waals surface area contributed by atoms with Crippen LogP contribution in [0.25, 0.3) is 0 Å². The van der Waals surface area contributed by atoms with Crippen molar-refractivity contribution in [3.8, 4) is 0 Å². The Balaban J connectivity index is 1.76. The molecule has 1 atom stereocenters. The molecule has 1 unspecified atom stereocenters. The zero-order valence-electron chi connectivity index (χ0n) is 18.0. The molecule has 4 nitrogen and oxygen atoms in total. The normalized spacial score (nSPS) is 17.6. The maximum atomic E-state index is 13.0. The van der Waals surface area contributed by atoms with E-state index in [-0.39, 0.29) is 11.4 Å². The summed E-state index contributed by atoms with van der Waals surface area (Å²) in [5, 5.41) is 0. The lowest BCUT2D eigenvalue weighted by Crippen LogP contribution is -2.61. The number of para-hydroxylation sites is 1. The van der Waals surface area contributed by atoms with Gasteiger partial charge < -0.3 is 14.5 Å². The number of rotatable bonds is 8. The van der Waals surface area contributed by atoms with Crippen LogP contribution in [0.4, 0.5) is 5.69 Å². The van der Waals surface area contributed by atoms with Gasteiger partial charge in [0.2, 0.25) is 5.91 Å². The Kier molecular flexibility index (Phi) is 7.45. The Morgan fingerprint density at radius 3 is 2.21 bits per heavy atom. The number of carbonyl (C=O) groups excluding carboxylic acids is 1. The van der Waals surface area contributed by atoms with E-state index in [1.54, 1.807) is 7.11 Å². The summed E-state index contributed by atoms with van der Waals surface area (Å²) in [6, 6.07) is 21.2. The summed E-state index contributed by atoms with van der Waals surface area (Å²) in [7, 11) is 1.74. The molecule has 1 fully saturated rings. The molecule has 1 heterocycles. The summed E-state index contributed by atoms with van der Waals surface area (Å²) in [5.41, 5.74) is 2.06. The fourth-order valence-corrected chi connectivity index (χ4v) is 4.58. The lowest BCUT2D eigenvalue weighted by Gasteiger charge is -2.49. The van der Waals surface area contributed by atoms with Crippen molar-refractivity contribution in [2.75, 3.05) is 31.7 Å². The maximum absolute atomic E-state index is 13.0. The van der Waals surface area contributed by atoms with E-state index in [2.05, 4.69) is 42.2 Å². The number of anilines is 1. The molecule has 156 valence electrons. The largest absolute Gasteiger partial charge is 0.382 e. The van der Waals surface area contributed by atoms with E-state index >= 15 is 0 Å². The van der Waals surface area contributed by atoms with Crippen LogP contribution in [0.15, 0.2) is 60.7 Å². The van der Waals surface area contributed by atoms with E-state index < -0.39 is 0 Å². The van der Waals surface area contributed by atoms with Crippen LogP contribution < -0.4 is 4.90 Å². The Morgan fingerprint density at radius 1 is 1.07 bits per heavy atom. The van der Waals surface area contributed by atoms with Crippen molar-refractivity contribution < 1.29 is 9.53 Å². The van der Waals surface area contributed by atoms with Crippen molar-refractivity contribution in [3.63, 3.8) is 0 Å². The molecular formula is C25H34N2O2. The number of ether oxygens (including phenoxy) is 1. The van der Waals surface area contributed by atoms with E-state index in [1.807, 2.05) is 42.2 Å². The molecule has 2 aromatic carbocycles. The SMILES string of the molecule is CCC(=O)N(c1ccccc1)C1(COC)CCN(C(C)Cc2ccccc2)CC1. The number of carbonyl (C=O) groups is 1. The van der Waals surface area contributed by atoms with Gasteiger partial charge in [-0.1, -0.05) is 55.5 Å². The first-order valence-corrected chi connectivity index (χ1v) is 10.7. The van der Waals surface area contributed by atoms with Gasteiger partial charge in [0, 0.05) is 38.3 Å². The molecule has 0 bridgehead atoms. The van der Waals surface area contributed by atoms with Gasteiger partial charge in [0.1, 0.15) is 0 Å². The van der Waals surface area contributed by atoms with Crippen LogP contribution in [-0.4, -0.2) is 49.2 Å². The standard InChI is InChI=1S/C25H34N2O2/c1-4-24(28)27(23-13-9-6-10-14-23)25(20-29-3)15-17-26(18-16-25)21(2)19-22-11-7-5-8-12-22/h5-14,21H,4,15-20H2,1-3H3. The molecule has 0 saturated carbocycles. The van der Waals surface area contributed by atoms with Crippen molar-refractivity contribution in [2.45, 2.75) is 51.1 Å². The number of benzene rings is 2. The zero-order chi connectivity index (χ0) is 20.7. The van der Waals surface area contributed by atoms with E-state index in [0.717, 1.165) is 38.0 Å². The van der Waals surface area contributed by atoms with E-state index in [9.17, 15) is 4.79 Å². The fraction of sp³-hybridized carbons (Fsp3) is 0.480. The first kappa shape index (κ1) is 21.5. The smallest absolute Gasteiger partial charge is 0.227 e. The molecule has 0 aromatic heterocycles. The van der Waals surface area contributed by atoms with E-state index in [1.165, 1.54) is 5.56 Å². The molecule has 0 spiro atoms. The minimum absolute atomic E-state index is 0.166. The zero-order valence-corrected chi connectivity index (χ0v) is 18.0. The summed E-state index contributed by atoms with van der Waals surface area (Å²) < 4.78 is 5.66. The number of methoxy groups -OCH3 is 1. The van der Waals surface area contributed by atoms with Crippen molar-refractivity contribution >= 4 is 11.6 Å². The van der Waals surface area contributed by atoms with Crippen LogP contribution in [-0.2, 0) is 16.0 Å². The highest BCUT2D eigenvalue weighted by molar-refractivity contribution is 5.94. The van der Waals surface area contributed by atoms with Crippen molar-refractivity contribution in [3.05, 3.63) is 66.2 Å². The molecule has 1 saturated heterocycles. The predicted molar refractivity (Wildman–Crippen MR) is 119 cm³/mol. The second-order valence-electron chi connectivity index (χ2n) is 8.15. The van der Waals surface area contributed by atoms with Crippen LogP contribution in [0.2, 0.25) is 0 Å². The minimum atomic E-state index is -0.286. The Bertz CT molecular complexity index is 755. The number of hydrogen-bond acceptors (Lipinski definition) is 3. The molecule has 4 heteroatoms. The van der Waals surface area contributed by atoms with Crippen LogP contribution in [0, 0.1) is 0 Å². The summed E-state index contributed by atoms with van der Waals surface area (Å²) in [6.45, 7) is 6.75. The van der Waals surface area contributed by atoms with Gasteiger partial charge in [0.05, 0.1) is 12.1 Å². The lowest BCUT2D eigenvalue weighted by molar-refractivity contribution is -0.120. The van der Waals surface area contributed by atoms with Gasteiger partial charge in [-0.15, -0.1) is 0 Å². The lowest BCUT2D eigenvalue weighted by atomic mass is 9.84. The van der Waals surface area contributed by atoms with Gasteiger partial charge in [0.15, 0.2) is 0 Å². The van der Waals surface area contributed by atoms with Gasteiger partial charge in [0.25, 0.3) is 0 Å². The van der Waals surface area contributed by atoms with Crippen LogP contribution >= 0.6 is 0 Å². The van der Waals surface area contributed by atoms with Gasteiger partial charge in [-0.3, -0.25) is 4.79 Å². The third-order valence-electron chi connectivity index (χ3n) is 6.18. The van der Waals surface area contributed by atoms with Crippen LogP contribution in [0.3, 0.4) is 0 Å². The molecular weight excluding hydrogens is 360 g/mol. The molecule has 1 aliphatic rings. The van der Waals surface area contributed by atoms with Crippen molar-refractivity contribution in [2.24, 2.45) is 0 Å². The second kappa shape index (κ2) is 10.0. The number of hydrogen-bond donors (Lipinski definition) is 0. The molecule has 1 amide bonds. The van der Waals surface area contributed by atoms with Crippen molar-refractivity contribution in [1.29, 1.82) is 0 Å². The Labute approximate surface area is 175 Å². The number of likely N-dealkylation sites (tertiary alicyclic amines) is 1. The summed E-state index contributed by atoms with van der Waals surface area (Å²) in [6.07, 6.45) is 3.38. The second-order valence-corrected chi connectivity index (χ2v) is 8.15. The average Bonchev–Trinajstić information content (AvgIpc) is 2.76. The summed E-state index contributed by atoms with van der Waals surface area (Å²) >= 11 is 0. The van der Waals surface area contributed by atoms with Gasteiger partial charge in [-0.25, -0.2) is 0 Å². The highest BCUT2D eigenvalue weighted by atomic mass is 16.5. The van der Waals surface area contributed by atoms with E-state index in [0.29, 0.717) is 19.1 Å². The molecule has 29 heavy (non-hydrogen) atoms. The molecule has 0 radical (unpaired) electrons. The van der Waals surface area contributed by atoms with Crippen molar-refractivity contribution in [1.82, 2.24) is 4.90 Å². The summed E-state index contributed by atoms with van der Waals surface area (Å²) in [4.78, 5) is 17.6. The topological polar surface area (TPSA) is 32.8 Å². The third-order valence-corrected chi connectivity index (χ3v) is 6.18. The van der Waals surface area contributed by atoms with Gasteiger partial charge in [-0.2, -0.15) is 0 Å². The summed E-state index contributed by atoms with van der Waals surface area (Å²) in [5.74, 6) is 0.166. The third kappa shape index (κ3) is 5.06. The van der Waals surface area contributed by atoms with E-state index in [4.69, 9.17) is 4.74 Å². The molecule has 1 aliphatic heterocycles. The first-order chi connectivity index (χ1) is 14.1. The molecule has 0 N–H and O–H groups in total. The number of nitrogens with zero attached hydrogens (tertiary/aromatic N) is 2. The maximum Gasteiger partial charge on any atom is 0.227 e. The monoisotopic (exact) mass is 394 g/mol. The number of piperidine rings is 1. The van der Waals surface area contributed by atoms with Gasteiger partial charge >= 0.3 is 0 Å². The fourth-order valence-electron chi connectivity index (χ4n) is 4.58. The minimum Gasteiger partial charge on any atom is -0.382 e. The number of amides is 1. The van der Waals surface area contributed by atoms with Gasteiger partial charge in [-0.05, 0) is 43.9 Å². The van der Waals surface area contributed by atoms with Crippen LogP contribution in [0.1, 0.15) is 38.7 Å².